The Morgan fingerprint density at radius 3 is 2.63 bits per heavy atom. The Labute approximate surface area is 160 Å². The van der Waals surface area contributed by atoms with Crippen LogP contribution < -0.4 is 4.72 Å². The first kappa shape index (κ1) is 19.4. The van der Waals surface area contributed by atoms with Crippen LogP contribution >= 0.6 is 0 Å². The summed E-state index contributed by atoms with van der Waals surface area (Å²) < 4.78 is 27.1. The maximum Gasteiger partial charge on any atom is 0.329 e. The second kappa shape index (κ2) is 7.72. The molecule has 1 aromatic carbocycles. The Morgan fingerprint density at radius 1 is 1.26 bits per heavy atom. The van der Waals surface area contributed by atoms with Crippen molar-refractivity contribution in [2.24, 2.45) is 0 Å². The summed E-state index contributed by atoms with van der Waals surface area (Å²) >= 11 is 0. The van der Waals surface area contributed by atoms with Crippen LogP contribution in [-0.4, -0.2) is 48.2 Å². The number of carbonyl (C=O) groups is 1. The van der Waals surface area contributed by atoms with Crippen LogP contribution in [0.2, 0.25) is 0 Å². The number of hydrogen-bond acceptors (Lipinski definition) is 4. The normalized spacial score (nSPS) is 15.5. The number of benzene rings is 1. The van der Waals surface area contributed by atoms with Gasteiger partial charge in [0.25, 0.3) is 0 Å². The molecule has 0 spiro atoms. The van der Waals surface area contributed by atoms with Crippen molar-refractivity contribution in [3.05, 3.63) is 36.3 Å². The zero-order valence-electron chi connectivity index (χ0n) is 16.0. The number of carbonyl (C=O) groups excluding carboxylic acids is 1. The fraction of sp³-hybridized carbons (Fsp3) is 0.474. The molecule has 1 saturated carbocycles. The number of hydrogen-bond donors (Lipinski definition) is 1. The monoisotopic (exact) mass is 390 g/mol. The molecular weight excluding hydrogens is 364 g/mol. The van der Waals surface area contributed by atoms with Gasteiger partial charge in [-0.1, -0.05) is 31.4 Å². The van der Waals surface area contributed by atoms with E-state index in [9.17, 15) is 13.2 Å². The third-order valence-electron chi connectivity index (χ3n) is 5.06. The lowest BCUT2D eigenvalue weighted by Crippen LogP contribution is -2.40. The van der Waals surface area contributed by atoms with E-state index in [0.29, 0.717) is 11.4 Å². The first-order valence-corrected chi connectivity index (χ1v) is 11.0. The first-order chi connectivity index (χ1) is 12.7. The molecule has 1 fully saturated rings. The van der Waals surface area contributed by atoms with Gasteiger partial charge >= 0.3 is 6.03 Å². The fourth-order valence-electron chi connectivity index (χ4n) is 3.47. The van der Waals surface area contributed by atoms with Crippen molar-refractivity contribution in [3.63, 3.8) is 0 Å². The van der Waals surface area contributed by atoms with Gasteiger partial charge in [0.2, 0.25) is 10.0 Å². The molecule has 0 atom stereocenters. The molecule has 1 N–H and O–H groups in total. The van der Waals surface area contributed by atoms with Crippen LogP contribution in [-0.2, 0) is 10.0 Å². The van der Waals surface area contributed by atoms with Gasteiger partial charge in [0.15, 0.2) is 0 Å². The third kappa shape index (κ3) is 4.68. The highest BCUT2D eigenvalue weighted by Gasteiger charge is 2.23. The lowest BCUT2D eigenvalue weighted by Gasteiger charge is -2.31. The summed E-state index contributed by atoms with van der Waals surface area (Å²) in [6.07, 6.45) is 9.98. The van der Waals surface area contributed by atoms with E-state index in [2.05, 4.69) is 9.71 Å². The summed E-state index contributed by atoms with van der Waals surface area (Å²) in [5, 5.41) is 0. The van der Waals surface area contributed by atoms with Crippen LogP contribution in [0.3, 0.4) is 0 Å². The summed E-state index contributed by atoms with van der Waals surface area (Å²) in [6, 6.07) is 5.62. The molecule has 1 aliphatic rings. The summed E-state index contributed by atoms with van der Waals surface area (Å²) in [4.78, 5) is 18.9. The van der Waals surface area contributed by atoms with Gasteiger partial charge < -0.3 is 4.90 Å². The van der Waals surface area contributed by atoms with Gasteiger partial charge in [-0.3, -0.25) is 9.29 Å². The summed E-state index contributed by atoms with van der Waals surface area (Å²) in [5.41, 5.74) is 2.70. The number of aryl methyl sites for hydroxylation is 1. The Bertz CT molecular complexity index is 930. The molecule has 1 heterocycles. The highest BCUT2D eigenvalue weighted by molar-refractivity contribution is 7.92. The summed E-state index contributed by atoms with van der Waals surface area (Å²) in [5.74, 6) is 0. The first-order valence-electron chi connectivity index (χ1n) is 9.14. The maximum atomic E-state index is 12.8. The Morgan fingerprint density at radius 2 is 1.96 bits per heavy atom. The average molecular weight is 391 g/mol. The molecule has 2 aromatic rings. The number of amides is 1. The van der Waals surface area contributed by atoms with E-state index in [-0.39, 0.29) is 12.1 Å². The van der Waals surface area contributed by atoms with E-state index < -0.39 is 10.0 Å². The molecule has 27 heavy (non-hydrogen) atoms. The van der Waals surface area contributed by atoms with Crippen LogP contribution in [0.15, 0.2) is 30.7 Å². The quantitative estimate of drug-likeness (QED) is 0.866. The highest BCUT2D eigenvalue weighted by atomic mass is 32.2. The largest absolute Gasteiger partial charge is 0.329 e. The number of aromatic nitrogens is 2. The number of nitrogens with zero attached hydrogens (tertiary/aromatic N) is 3. The molecule has 0 aliphatic heterocycles. The van der Waals surface area contributed by atoms with Crippen molar-refractivity contribution in [2.45, 2.75) is 45.1 Å². The highest BCUT2D eigenvalue weighted by Crippen LogP contribution is 2.26. The topological polar surface area (TPSA) is 84.3 Å². The predicted octanol–water partition coefficient (Wildman–Crippen LogP) is 3.46. The molecule has 3 rings (SSSR count). The van der Waals surface area contributed by atoms with Gasteiger partial charge in [-0.15, -0.1) is 0 Å². The lowest BCUT2D eigenvalue weighted by molar-refractivity contribution is 0.175. The molecule has 0 bridgehead atoms. The summed E-state index contributed by atoms with van der Waals surface area (Å²) in [7, 11) is -1.52. The van der Waals surface area contributed by atoms with Gasteiger partial charge in [0.05, 0.1) is 17.6 Å². The Hall–Kier alpha value is -2.35. The van der Waals surface area contributed by atoms with Crippen molar-refractivity contribution in [2.75, 3.05) is 18.0 Å². The number of sulfonamides is 1. The smallest absolute Gasteiger partial charge is 0.324 e. The van der Waals surface area contributed by atoms with Gasteiger partial charge in [0, 0.05) is 24.8 Å². The van der Waals surface area contributed by atoms with Crippen LogP contribution in [0.4, 0.5) is 10.5 Å². The Kier molecular flexibility index (Phi) is 5.55. The lowest BCUT2D eigenvalue weighted by atomic mass is 9.95. The molecule has 146 valence electrons. The van der Waals surface area contributed by atoms with Crippen LogP contribution in [0, 0.1) is 6.92 Å². The molecule has 1 aliphatic carbocycles. The predicted molar refractivity (Wildman–Crippen MR) is 106 cm³/mol. The minimum atomic E-state index is -3.37. The molecular formula is C19H26N4O3S. The van der Waals surface area contributed by atoms with E-state index in [0.717, 1.165) is 43.1 Å². The molecule has 7 nitrogen and oxygen atoms in total. The van der Waals surface area contributed by atoms with Gasteiger partial charge in [-0.2, -0.15) is 0 Å². The minimum Gasteiger partial charge on any atom is -0.324 e. The van der Waals surface area contributed by atoms with Crippen molar-refractivity contribution in [1.82, 2.24) is 14.5 Å². The fourth-order valence-corrected chi connectivity index (χ4v) is 4.09. The van der Waals surface area contributed by atoms with E-state index >= 15 is 0 Å². The van der Waals surface area contributed by atoms with Crippen molar-refractivity contribution >= 4 is 21.7 Å². The Balaban J connectivity index is 1.81. The minimum absolute atomic E-state index is 0.0951. The SMILES string of the molecule is Cc1ccc(-c2cn(C(=O)N(C)C3CCCCC3)cn2)cc1NS(C)(=O)=O. The number of anilines is 1. The zero-order chi connectivity index (χ0) is 19.6. The molecule has 8 heteroatoms. The van der Waals surface area contributed by atoms with Gasteiger partial charge in [-0.25, -0.2) is 18.2 Å². The number of imidazole rings is 1. The zero-order valence-corrected chi connectivity index (χ0v) is 16.8. The molecule has 0 unspecified atom stereocenters. The second-order valence-electron chi connectivity index (χ2n) is 7.26. The van der Waals surface area contributed by atoms with E-state index in [1.807, 2.05) is 26.1 Å². The molecule has 0 radical (unpaired) electrons. The van der Waals surface area contributed by atoms with Crippen LogP contribution in [0.5, 0.6) is 0 Å². The third-order valence-corrected chi connectivity index (χ3v) is 5.65. The number of rotatable bonds is 4. The second-order valence-corrected chi connectivity index (χ2v) is 9.00. The van der Waals surface area contributed by atoms with E-state index in [1.54, 1.807) is 17.2 Å². The average Bonchev–Trinajstić information content (AvgIpc) is 3.12. The van der Waals surface area contributed by atoms with Crippen molar-refractivity contribution in [3.8, 4) is 11.3 Å². The van der Waals surface area contributed by atoms with Crippen LogP contribution in [0.1, 0.15) is 37.7 Å². The van der Waals surface area contributed by atoms with Gasteiger partial charge in [0.1, 0.15) is 6.33 Å². The number of nitrogens with one attached hydrogen (secondary N) is 1. The maximum absolute atomic E-state index is 12.8. The van der Waals surface area contributed by atoms with E-state index in [1.165, 1.54) is 17.3 Å². The van der Waals surface area contributed by atoms with Crippen molar-refractivity contribution < 1.29 is 13.2 Å². The van der Waals surface area contributed by atoms with Gasteiger partial charge in [-0.05, 0) is 31.4 Å². The van der Waals surface area contributed by atoms with Crippen molar-refractivity contribution in [1.29, 1.82) is 0 Å². The molecule has 1 aromatic heterocycles. The summed E-state index contributed by atoms with van der Waals surface area (Å²) in [6.45, 7) is 1.83. The standard InChI is InChI=1S/C19H26N4O3S/c1-14-9-10-15(11-17(14)21-27(3,25)26)18-12-23(13-20-18)19(24)22(2)16-7-5-4-6-8-16/h9-13,16,21H,4-8H2,1-3H3. The molecule has 1 amide bonds. The van der Waals surface area contributed by atoms with Crippen LogP contribution in [0.25, 0.3) is 11.3 Å². The molecule has 0 saturated heterocycles. The van der Waals surface area contributed by atoms with E-state index in [4.69, 9.17) is 0 Å².